The molecule has 5 nitrogen and oxygen atoms in total. The summed E-state index contributed by atoms with van der Waals surface area (Å²) in [6, 6.07) is 8.91. The molecular weight excluding hydrogens is 222 g/mol. The Morgan fingerprint density at radius 3 is 2.82 bits per heavy atom. The molecule has 0 radical (unpaired) electrons. The van der Waals surface area contributed by atoms with E-state index in [2.05, 4.69) is 0 Å². The summed E-state index contributed by atoms with van der Waals surface area (Å²) in [5.74, 6) is -0.364. The summed E-state index contributed by atoms with van der Waals surface area (Å²) in [6.45, 7) is 1.72. The van der Waals surface area contributed by atoms with Gasteiger partial charge in [0, 0.05) is 12.6 Å². The van der Waals surface area contributed by atoms with Crippen molar-refractivity contribution >= 4 is 17.7 Å². The number of carbonyl (C=O) groups excluding carboxylic acids is 2. The SMILES string of the molecule is CC(=O)OCC1COC(=O)N1c1ccccc1. The molecule has 1 aromatic carbocycles. The van der Waals surface area contributed by atoms with E-state index >= 15 is 0 Å². The van der Waals surface area contributed by atoms with Crippen LogP contribution in [-0.2, 0) is 14.3 Å². The van der Waals surface area contributed by atoms with Crippen LogP contribution in [0, 0.1) is 0 Å². The Kier molecular flexibility index (Phi) is 3.27. The van der Waals surface area contributed by atoms with Gasteiger partial charge in [-0.1, -0.05) is 18.2 Å². The van der Waals surface area contributed by atoms with Crippen LogP contribution in [0.2, 0.25) is 0 Å². The van der Waals surface area contributed by atoms with Gasteiger partial charge in [-0.3, -0.25) is 9.69 Å². The fourth-order valence-corrected chi connectivity index (χ4v) is 1.70. The number of benzene rings is 1. The second-order valence-corrected chi connectivity index (χ2v) is 3.74. The monoisotopic (exact) mass is 235 g/mol. The van der Waals surface area contributed by atoms with Gasteiger partial charge in [0.1, 0.15) is 19.3 Å². The van der Waals surface area contributed by atoms with Crippen molar-refractivity contribution in [2.45, 2.75) is 13.0 Å². The van der Waals surface area contributed by atoms with Crippen LogP contribution in [0.15, 0.2) is 30.3 Å². The molecule has 1 aromatic rings. The van der Waals surface area contributed by atoms with Crippen LogP contribution in [0.3, 0.4) is 0 Å². The van der Waals surface area contributed by atoms with Crippen molar-refractivity contribution in [3.63, 3.8) is 0 Å². The minimum atomic E-state index is -0.409. The van der Waals surface area contributed by atoms with Crippen LogP contribution in [-0.4, -0.2) is 31.3 Å². The fraction of sp³-hybridized carbons (Fsp3) is 0.333. The summed E-state index contributed by atoms with van der Waals surface area (Å²) in [5.41, 5.74) is 0.743. The first-order valence-corrected chi connectivity index (χ1v) is 5.33. The Morgan fingerprint density at radius 1 is 1.47 bits per heavy atom. The number of hydrogen-bond donors (Lipinski definition) is 0. The van der Waals surface area contributed by atoms with Crippen LogP contribution in [0.25, 0.3) is 0 Å². The molecule has 1 saturated heterocycles. The van der Waals surface area contributed by atoms with E-state index in [9.17, 15) is 9.59 Å². The normalized spacial score (nSPS) is 19.0. The van der Waals surface area contributed by atoms with Gasteiger partial charge in [0.05, 0.1) is 0 Å². The van der Waals surface area contributed by atoms with Crippen LogP contribution in [0.1, 0.15) is 6.92 Å². The summed E-state index contributed by atoms with van der Waals surface area (Å²) >= 11 is 0. The third kappa shape index (κ3) is 2.55. The maximum atomic E-state index is 11.6. The quantitative estimate of drug-likeness (QED) is 0.746. The molecule has 0 spiro atoms. The van der Waals surface area contributed by atoms with Crippen molar-refractivity contribution in [3.05, 3.63) is 30.3 Å². The van der Waals surface area contributed by atoms with Crippen LogP contribution in [0.5, 0.6) is 0 Å². The van der Waals surface area contributed by atoms with E-state index in [1.165, 1.54) is 11.8 Å². The first kappa shape index (κ1) is 11.4. The highest BCUT2D eigenvalue weighted by Crippen LogP contribution is 2.22. The number of amides is 1. The minimum absolute atomic E-state index is 0.149. The van der Waals surface area contributed by atoms with E-state index in [4.69, 9.17) is 9.47 Å². The molecule has 1 aliphatic heterocycles. The maximum absolute atomic E-state index is 11.6. The van der Waals surface area contributed by atoms with E-state index in [-0.39, 0.29) is 25.2 Å². The van der Waals surface area contributed by atoms with Crippen LogP contribution < -0.4 is 4.90 Å². The molecule has 90 valence electrons. The summed E-state index contributed by atoms with van der Waals surface area (Å²) in [5, 5.41) is 0. The highest BCUT2D eigenvalue weighted by Gasteiger charge is 2.34. The topological polar surface area (TPSA) is 55.8 Å². The Morgan fingerprint density at radius 2 is 2.18 bits per heavy atom. The zero-order valence-electron chi connectivity index (χ0n) is 9.46. The lowest BCUT2D eigenvalue weighted by atomic mass is 10.2. The Labute approximate surface area is 98.9 Å². The van der Waals surface area contributed by atoms with Gasteiger partial charge in [-0.25, -0.2) is 4.79 Å². The molecule has 0 saturated carbocycles. The van der Waals surface area contributed by atoms with E-state index < -0.39 is 6.09 Å². The maximum Gasteiger partial charge on any atom is 0.414 e. The second-order valence-electron chi connectivity index (χ2n) is 3.74. The average molecular weight is 235 g/mol. The number of para-hydroxylation sites is 1. The molecule has 1 atom stereocenters. The van der Waals surface area contributed by atoms with Crippen molar-refractivity contribution in [1.29, 1.82) is 0 Å². The molecular formula is C12H13NO4. The number of carbonyl (C=O) groups is 2. The van der Waals surface area contributed by atoms with Crippen molar-refractivity contribution in [1.82, 2.24) is 0 Å². The number of hydrogen-bond acceptors (Lipinski definition) is 4. The fourth-order valence-electron chi connectivity index (χ4n) is 1.70. The molecule has 0 N–H and O–H groups in total. The molecule has 1 unspecified atom stereocenters. The zero-order valence-corrected chi connectivity index (χ0v) is 9.46. The highest BCUT2D eigenvalue weighted by molar-refractivity contribution is 5.90. The Hall–Kier alpha value is -2.04. The minimum Gasteiger partial charge on any atom is -0.464 e. The number of nitrogens with zero attached hydrogens (tertiary/aromatic N) is 1. The van der Waals surface area contributed by atoms with Gasteiger partial charge in [-0.05, 0) is 12.1 Å². The molecule has 0 aliphatic carbocycles. The molecule has 5 heteroatoms. The summed E-state index contributed by atoms with van der Waals surface area (Å²) < 4.78 is 9.87. The van der Waals surface area contributed by atoms with Gasteiger partial charge in [-0.15, -0.1) is 0 Å². The lowest BCUT2D eigenvalue weighted by Gasteiger charge is -2.20. The number of esters is 1. The Bertz CT molecular complexity index is 418. The third-order valence-electron chi connectivity index (χ3n) is 2.47. The van der Waals surface area contributed by atoms with E-state index in [1.807, 2.05) is 30.3 Å². The van der Waals surface area contributed by atoms with E-state index in [1.54, 1.807) is 0 Å². The first-order chi connectivity index (χ1) is 8.18. The predicted octanol–water partition coefficient (Wildman–Crippen LogP) is 1.57. The molecule has 1 fully saturated rings. The van der Waals surface area contributed by atoms with Gasteiger partial charge in [0.15, 0.2) is 0 Å². The lowest BCUT2D eigenvalue weighted by molar-refractivity contribution is -0.141. The van der Waals surface area contributed by atoms with Crippen LogP contribution in [0.4, 0.5) is 10.5 Å². The average Bonchev–Trinajstić information content (AvgIpc) is 2.69. The van der Waals surface area contributed by atoms with Gasteiger partial charge in [0.25, 0.3) is 0 Å². The largest absolute Gasteiger partial charge is 0.464 e. The van der Waals surface area contributed by atoms with Gasteiger partial charge < -0.3 is 9.47 Å². The summed E-state index contributed by atoms with van der Waals surface area (Å²) in [6.07, 6.45) is -0.409. The number of ether oxygens (including phenoxy) is 2. The van der Waals surface area contributed by atoms with E-state index in [0.717, 1.165) is 5.69 Å². The van der Waals surface area contributed by atoms with Gasteiger partial charge in [0.2, 0.25) is 0 Å². The molecule has 1 heterocycles. The molecule has 0 aromatic heterocycles. The van der Waals surface area contributed by atoms with Crippen molar-refractivity contribution in [3.8, 4) is 0 Å². The second kappa shape index (κ2) is 4.86. The number of rotatable bonds is 3. The third-order valence-corrected chi connectivity index (χ3v) is 2.47. The molecule has 17 heavy (non-hydrogen) atoms. The smallest absolute Gasteiger partial charge is 0.414 e. The Balaban J connectivity index is 2.12. The van der Waals surface area contributed by atoms with Crippen molar-refractivity contribution < 1.29 is 19.1 Å². The highest BCUT2D eigenvalue weighted by atomic mass is 16.6. The first-order valence-electron chi connectivity index (χ1n) is 5.33. The summed E-state index contributed by atoms with van der Waals surface area (Å²) in [7, 11) is 0. The van der Waals surface area contributed by atoms with Crippen molar-refractivity contribution in [2.24, 2.45) is 0 Å². The molecule has 0 bridgehead atoms. The van der Waals surface area contributed by atoms with Crippen molar-refractivity contribution in [2.75, 3.05) is 18.1 Å². The van der Waals surface area contributed by atoms with Crippen LogP contribution >= 0.6 is 0 Å². The molecule has 2 rings (SSSR count). The number of cyclic esters (lactones) is 1. The van der Waals surface area contributed by atoms with Gasteiger partial charge >= 0.3 is 12.1 Å². The molecule has 1 aliphatic rings. The zero-order chi connectivity index (χ0) is 12.3. The standard InChI is InChI=1S/C12H13NO4/c1-9(14)16-7-11-8-17-12(15)13(11)10-5-3-2-4-6-10/h2-6,11H,7-8H2,1H3. The lowest BCUT2D eigenvalue weighted by Crippen LogP contribution is -2.37. The summed E-state index contributed by atoms with van der Waals surface area (Å²) in [4.78, 5) is 23.9. The number of anilines is 1. The van der Waals surface area contributed by atoms with E-state index in [0.29, 0.717) is 0 Å². The predicted molar refractivity (Wildman–Crippen MR) is 60.7 cm³/mol. The van der Waals surface area contributed by atoms with Gasteiger partial charge in [-0.2, -0.15) is 0 Å². The molecule has 1 amide bonds.